The number of benzene rings is 1. The monoisotopic (exact) mass is 285 g/mol. The molecule has 20 heavy (non-hydrogen) atoms. The molecule has 0 aliphatic heterocycles. The molecular formula is C16H22F3N. The predicted molar refractivity (Wildman–Crippen MR) is 74.4 cm³/mol. The van der Waals surface area contributed by atoms with Crippen molar-refractivity contribution in [2.24, 2.45) is 5.41 Å². The Morgan fingerprint density at radius 1 is 1.30 bits per heavy atom. The van der Waals surface area contributed by atoms with Crippen molar-refractivity contribution in [2.45, 2.75) is 58.3 Å². The largest absolute Gasteiger partial charge is 0.416 e. The molecule has 0 aromatic heterocycles. The van der Waals surface area contributed by atoms with Crippen molar-refractivity contribution in [3.05, 3.63) is 35.4 Å². The molecule has 1 aromatic rings. The van der Waals surface area contributed by atoms with E-state index in [0.29, 0.717) is 17.0 Å². The average molecular weight is 285 g/mol. The maximum absolute atomic E-state index is 12.7. The van der Waals surface area contributed by atoms with Gasteiger partial charge in [0.2, 0.25) is 0 Å². The molecule has 1 saturated carbocycles. The van der Waals surface area contributed by atoms with E-state index in [-0.39, 0.29) is 6.04 Å². The summed E-state index contributed by atoms with van der Waals surface area (Å²) in [5.74, 6) is 0. The average Bonchev–Trinajstić information content (AvgIpc) is 2.68. The van der Waals surface area contributed by atoms with Crippen LogP contribution in [0.3, 0.4) is 0 Å². The number of rotatable bonds is 3. The van der Waals surface area contributed by atoms with Crippen molar-refractivity contribution in [1.82, 2.24) is 5.32 Å². The van der Waals surface area contributed by atoms with Gasteiger partial charge in [-0.05, 0) is 49.3 Å². The Hall–Kier alpha value is -1.03. The highest BCUT2D eigenvalue weighted by Crippen LogP contribution is 2.38. The number of halogens is 3. The van der Waals surface area contributed by atoms with Gasteiger partial charge in [0, 0.05) is 12.1 Å². The van der Waals surface area contributed by atoms with Gasteiger partial charge in [-0.1, -0.05) is 26.0 Å². The topological polar surface area (TPSA) is 12.0 Å². The van der Waals surface area contributed by atoms with Crippen molar-refractivity contribution in [3.8, 4) is 0 Å². The van der Waals surface area contributed by atoms with Crippen LogP contribution in [-0.2, 0) is 6.18 Å². The lowest BCUT2D eigenvalue weighted by Gasteiger charge is -2.22. The van der Waals surface area contributed by atoms with E-state index in [9.17, 15) is 13.2 Å². The second-order valence-corrected chi connectivity index (χ2v) is 6.62. The molecule has 0 saturated heterocycles. The minimum atomic E-state index is -4.27. The summed E-state index contributed by atoms with van der Waals surface area (Å²) in [5.41, 5.74) is 0.463. The van der Waals surface area contributed by atoms with Gasteiger partial charge in [0.15, 0.2) is 0 Å². The van der Waals surface area contributed by atoms with Crippen LogP contribution in [0.2, 0.25) is 0 Å². The molecule has 4 heteroatoms. The Labute approximate surface area is 118 Å². The third-order valence-electron chi connectivity index (χ3n) is 4.17. The molecule has 0 heterocycles. The molecule has 1 aliphatic carbocycles. The van der Waals surface area contributed by atoms with Crippen molar-refractivity contribution in [2.75, 3.05) is 0 Å². The number of hydrogen-bond acceptors (Lipinski definition) is 1. The first-order valence-corrected chi connectivity index (χ1v) is 7.11. The summed E-state index contributed by atoms with van der Waals surface area (Å²) >= 11 is 0. The molecule has 1 aromatic carbocycles. The molecule has 0 radical (unpaired) electrons. The fraction of sp³-hybridized carbons (Fsp3) is 0.625. The summed E-state index contributed by atoms with van der Waals surface area (Å²) in [6.07, 6.45) is -0.933. The van der Waals surface area contributed by atoms with E-state index in [1.807, 2.05) is 6.92 Å². The van der Waals surface area contributed by atoms with Crippen molar-refractivity contribution < 1.29 is 13.2 Å². The van der Waals surface area contributed by atoms with Gasteiger partial charge in [-0.3, -0.25) is 0 Å². The fourth-order valence-corrected chi connectivity index (χ4v) is 3.01. The van der Waals surface area contributed by atoms with Gasteiger partial charge < -0.3 is 5.32 Å². The molecule has 1 N–H and O–H groups in total. The number of alkyl halides is 3. The molecule has 1 aliphatic rings. The first-order chi connectivity index (χ1) is 9.17. The molecular weight excluding hydrogens is 263 g/mol. The van der Waals surface area contributed by atoms with Crippen LogP contribution < -0.4 is 5.32 Å². The van der Waals surface area contributed by atoms with E-state index in [0.717, 1.165) is 18.9 Å². The minimum absolute atomic E-state index is 0.0591. The van der Waals surface area contributed by atoms with Gasteiger partial charge in [-0.15, -0.1) is 0 Å². The Morgan fingerprint density at radius 2 is 2.00 bits per heavy atom. The molecule has 112 valence electrons. The maximum atomic E-state index is 12.7. The summed E-state index contributed by atoms with van der Waals surface area (Å²) in [6.45, 7) is 6.41. The summed E-state index contributed by atoms with van der Waals surface area (Å²) < 4.78 is 38.2. The molecule has 2 unspecified atom stereocenters. The lowest BCUT2D eigenvalue weighted by atomic mass is 9.91. The van der Waals surface area contributed by atoms with Crippen LogP contribution in [0.25, 0.3) is 0 Å². The third kappa shape index (κ3) is 3.75. The van der Waals surface area contributed by atoms with Crippen LogP contribution in [-0.4, -0.2) is 6.04 Å². The van der Waals surface area contributed by atoms with Crippen LogP contribution >= 0.6 is 0 Å². The summed E-state index contributed by atoms with van der Waals surface area (Å²) in [5, 5.41) is 3.46. The Kier molecular flexibility index (Phi) is 4.14. The van der Waals surface area contributed by atoms with Gasteiger partial charge in [0.05, 0.1) is 5.56 Å². The SMILES string of the molecule is CC(NC1CCC(C)(C)C1)c1cccc(C(F)(F)F)c1. The number of hydrogen-bond donors (Lipinski definition) is 1. The van der Waals surface area contributed by atoms with E-state index in [1.54, 1.807) is 6.07 Å². The highest BCUT2D eigenvalue weighted by molar-refractivity contribution is 5.27. The van der Waals surface area contributed by atoms with E-state index >= 15 is 0 Å². The van der Waals surface area contributed by atoms with E-state index in [1.165, 1.54) is 18.6 Å². The second-order valence-electron chi connectivity index (χ2n) is 6.62. The predicted octanol–water partition coefficient (Wildman–Crippen LogP) is 4.93. The van der Waals surface area contributed by atoms with Gasteiger partial charge in [0.25, 0.3) is 0 Å². The third-order valence-corrected chi connectivity index (χ3v) is 4.17. The van der Waals surface area contributed by atoms with Gasteiger partial charge in [0.1, 0.15) is 0 Å². The standard InChI is InChI=1S/C16H22F3N/c1-11(20-14-7-8-15(2,3)10-14)12-5-4-6-13(9-12)16(17,18)19/h4-6,9,11,14,20H,7-8,10H2,1-3H3. The quantitative estimate of drug-likeness (QED) is 0.830. The minimum Gasteiger partial charge on any atom is -0.307 e. The van der Waals surface area contributed by atoms with E-state index < -0.39 is 11.7 Å². The summed E-state index contributed by atoms with van der Waals surface area (Å²) in [6, 6.07) is 5.94. The normalized spacial score (nSPS) is 23.8. The first-order valence-electron chi connectivity index (χ1n) is 7.11. The first kappa shape index (κ1) is 15.4. The molecule has 2 atom stereocenters. The maximum Gasteiger partial charge on any atom is 0.416 e. The zero-order valence-corrected chi connectivity index (χ0v) is 12.2. The smallest absolute Gasteiger partial charge is 0.307 e. The van der Waals surface area contributed by atoms with Crippen molar-refractivity contribution in [3.63, 3.8) is 0 Å². The van der Waals surface area contributed by atoms with Crippen LogP contribution in [0.5, 0.6) is 0 Å². The lowest BCUT2D eigenvalue weighted by molar-refractivity contribution is -0.137. The van der Waals surface area contributed by atoms with Gasteiger partial charge in [-0.25, -0.2) is 0 Å². The zero-order chi connectivity index (χ0) is 15.0. The fourth-order valence-electron chi connectivity index (χ4n) is 3.01. The van der Waals surface area contributed by atoms with Gasteiger partial charge in [-0.2, -0.15) is 13.2 Å². The van der Waals surface area contributed by atoms with Crippen LogP contribution in [0.4, 0.5) is 13.2 Å². The molecule has 1 nitrogen and oxygen atoms in total. The number of nitrogens with one attached hydrogen (secondary N) is 1. The van der Waals surface area contributed by atoms with E-state index in [4.69, 9.17) is 0 Å². The van der Waals surface area contributed by atoms with Crippen LogP contribution in [0.1, 0.15) is 57.2 Å². The van der Waals surface area contributed by atoms with Crippen LogP contribution in [0.15, 0.2) is 24.3 Å². The van der Waals surface area contributed by atoms with Gasteiger partial charge >= 0.3 is 6.18 Å². The van der Waals surface area contributed by atoms with Crippen molar-refractivity contribution in [1.29, 1.82) is 0 Å². The lowest BCUT2D eigenvalue weighted by Crippen LogP contribution is -2.30. The zero-order valence-electron chi connectivity index (χ0n) is 12.2. The Bertz CT molecular complexity index is 465. The Balaban J connectivity index is 2.05. The second kappa shape index (κ2) is 5.40. The summed E-state index contributed by atoms with van der Waals surface area (Å²) in [4.78, 5) is 0. The molecule has 0 bridgehead atoms. The highest BCUT2D eigenvalue weighted by Gasteiger charge is 2.33. The molecule has 1 fully saturated rings. The summed E-state index contributed by atoms with van der Waals surface area (Å²) in [7, 11) is 0. The molecule has 0 amide bonds. The van der Waals surface area contributed by atoms with Crippen LogP contribution in [0, 0.1) is 5.41 Å². The highest BCUT2D eigenvalue weighted by atomic mass is 19.4. The Morgan fingerprint density at radius 3 is 2.55 bits per heavy atom. The van der Waals surface area contributed by atoms with E-state index in [2.05, 4.69) is 19.2 Å². The van der Waals surface area contributed by atoms with Crippen molar-refractivity contribution >= 4 is 0 Å². The molecule has 2 rings (SSSR count). The molecule has 0 spiro atoms.